The summed E-state index contributed by atoms with van der Waals surface area (Å²) >= 11 is 3.06. The lowest BCUT2D eigenvalue weighted by molar-refractivity contribution is 0.497. The molecule has 0 bridgehead atoms. The van der Waals surface area contributed by atoms with Crippen LogP contribution in [-0.4, -0.2) is 8.42 Å². The van der Waals surface area contributed by atoms with Gasteiger partial charge in [0.25, 0.3) is 0 Å². The zero-order chi connectivity index (χ0) is 13.2. The summed E-state index contributed by atoms with van der Waals surface area (Å²) in [5, 5.41) is 0. The maximum absolute atomic E-state index is 13.5. The van der Waals surface area contributed by atoms with Crippen molar-refractivity contribution in [2.24, 2.45) is 0 Å². The largest absolute Gasteiger partial charge is 0.468 e. The summed E-state index contributed by atoms with van der Waals surface area (Å²) < 4.78 is 45.0. The molecule has 1 aromatic heterocycles. The Kier molecular flexibility index (Phi) is 3.84. The van der Waals surface area contributed by atoms with Crippen molar-refractivity contribution in [3.05, 3.63) is 52.6 Å². The lowest BCUT2D eigenvalue weighted by Gasteiger charge is -2.06. The summed E-state index contributed by atoms with van der Waals surface area (Å²) in [5.41, 5.74) is 0. The molecule has 18 heavy (non-hydrogen) atoms. The molecule has 4 nitrogen and oxygen atoms in total. The fraction of sp³-hybridized carbons (Fsp3) is 0.0909. The van der Waals surface area contributed by atoms with E-state index in [1.165, 1.54) is 18.4 Å². The molecule has 0 aliphatic carbocycles. The highest BCUT2D eigenvalue weighted by atomic mass is 79.9. The van der Waals surface area contributed by atoms with Gasteiger partial charge in [0.05, 0.1) is 12.8 Å². The molecule has 2 rings (SSSR count). The van der Waals surface area contributed by atoms with Crippen LogP contribution in [0.5, 0.6) is 0 Å². The van der Waals surface area contributed by atoms with Crippen LogP contribution in [0, 0.1) is 5.82 Å². The van der Waals surface area contributed by atoms with Crippen LogP contribution in [0.1, 0.15) is 5.76 Å². The third-order valence-corrected chi connectivity index (χ3v) is 4.13. The second-order valence-corrected chi connectivity index (χ2v) is 6.13. The van der Waals surface area contributed by atoms with Gasteiger partial charge in [0, 0.05) is 4.47 Å². The minimum Gasteiger partial charge on any atom is -0.468 e. The average Bonchev–Trinajstić information content (AvgIpc) is 2.78. The van der Waals surface area contributed by atoms with Crippen LogP contribution in [0.4, 0.5) is 4.39 Å². The van der Waals surface area contributed by atoms with E-state index in [0.717, 1.165) is 6.07 Å². The third-order valence-electron chi connectivity index (χ3n) is 2.20. The number of sulfonamides is 1. The first kappa shape index (κ1) is 13.3. The molecule has 0 atom stereocenters. The SMILES string of the molecule is O=S(=O)(NCc1ccco1)c1ccc(Br)cc1F. The van der Waals surface area contributed by atoms with E-state index in [2.05, 4.69) is 20.7 Å². The number of furan rings is 1. The average molecular weight is 334 g/mol. The first-order valence-corrected chi connectivity index (χ1v) is 7.24. The highest BCUT2D eigenvalue weighted by Gasteiger charge is 2.19. The molecule has 1 N–H and O–H groups in total. The van der Waals surface area contributed by atoms with Crippen molar-refractivity contribution in [1.82, 2.24) is 4.72 Å². The minimum absolute atomic E-state index is 0.0230. The van der Waals surface area contributed by atoms with E-state index < -0.39 is 20.7 Å². The van der Waals surface area contributed by atoms with Crippen LogP contribution in [0.25, 0.3) is 0 Å². The van der Waals surface area contributed by atoms with E-state index in [-0.39, 0.29) is 6.54 Å². The van der Waals surface area contributed by atoms with Crippen molar-refractivity contribution in [1.29, 1.82) is 0 Å². The Morgan fingerprint density at radius 3 is 2.72 bits per heavy atom. The predicted molar refractivity (Wildman–Crippen MR) is 66.8 cm³/mol. The van der Waals surface area contributed by atoms with Crippen LogP contribution >= 0.6 is 15.9 Å². The lowest BCUT2D eigenvalue weighted by Crippen LogP contribution is -2.24. The molecule has 0 radical (unpaired) electrons. The summed E-state index contributed by atoms with van der Waals surface area (Å²) in [6.07, 6.45) is 1.43. The quantitative estimate of drug-likeness (QED) is 0.935. The standard InChI is InChI=1S/C11H9BrFNO3S/c12-8-3-4-11(10(13)6-8)18(15,16)14-7-9-2-1-5-17-9/h1-6,14H,7H2. The van der Waals surface area contributed by atoms with E-state index in [0.29, 0.717) is 10.2 Å². The Balaban J connectivity index is 2.20. The Labute approximate surface area is 112 Å². The van der Waals surface area contributed by atoms with Gasteiger partial charge in [-0.2, -0.15) is 0 Å². The molecule has 96 valence electrons. The molecule has 0 fully saturated rings. The van der Waals surface area contributed by atoms with Gasteiger partial charge in [0.15, 0.2) is 0 Å². The van der Waals surface area contributed by atoms with Gasteiger partial charge in [-0.25, -0.2) is 17.5 Å². The number of rotatable bonds is 4. The molecule has 1 heterocycles. The van der Waals surface area contributed by atoms with Crippen LogP contribution in [0.15, 0.2) is 50.4 Å². The van der Waals surface area contributed by atoms with Gasteiger partial charge in [-0.3, -0.25) is 0 Å². The summed E-state index contributed by atoms with van der Waals surface area (Å²) in [7, 11) is -3.89. The van der Waals surface area contributed by atoms with Gasteiger partial charge in [-0.1, -0.05) is 15.9 Å². The fourth-order valence-electron chi connectivity index (χ4n) is 1.35. The van der Waals surface area contributed by atoms with E-state index >= 15 is 0 Å². The van der Waals surface area contributed by atoms with Crippen LogP contribution in [-0.2, 0) is 16.6 Å². The van der Waals surface area contributed by atoms with Gasteiger partial charge in [-0.05, 0) is 30.3 Å². The predicted octanol–water partition coefficient (Wildman–Crippen LogP) is 2.66. The Morgan fingerprint density at radius 2 is 2.11 bits per heavy atom. The Morgan fingerprint density at radius 1 is 1.33 bits per heavy atom. The lowest BCUT2D eigenvalue weighted by atomic mass is 10.3. The summed E-state index contributed by atoms with van der Waals surface area (Å²) in [6.45, 7) is -0.0230. The van der Waals surface area contributed by atoms with Crippen molar-refractivity contribution in [3.63, 3.8) is 0 Å². The number of halogens is 2. The van der Waals surface area contributed by atoms with Crippen LogP contribution < -0.4 is 4.72 Å². The van der Waals surface area contributed by atoms with Gasteiger partial charge >= 0.3 is 0 Å². The molecule has 7 heteroatoms. The molecule has 0 unspecified atom stereocenters. The van der Waals surface area contributed by atoms with Crippen molar-refractivity contribution in [2.75, 3.05) is 0 Å². The third kappa shape index (κ3) is 2.98. The van der Waals surface area contributed by atoms with Crippen molar-refractivity contribution in [2.45, 2.75) is 11.4 Å². The number of nitrogens with one attached hydrogen (secondary N) is 1. The maximum atomic E-state index is 13.5. The Hall–Kier alpha value is -1.18. The molecule has 0 aliphatic heterocycles. The molecule has 2 aromatic rings. The second-order valence-electron chi connectivity index (χ2n) is 3.48. The fourth-order valence-corrected chi connectivity index (χ4v) is 2.73. The molecule has 0 amide bonds. The van der Waals surface area contributed by atoms with E-state index in [4.69, 9.17) is 4.42 Å². The highest BCUT2D eigenvalue weighted by molar-refractivity contribution is 9.10. The molecule has 1 aromatic carbocycles. The first-order chi connectivity index (χ1) is 8.49. The van der Waals surface area contributed by atoms with E-state index in [1.807, 2.05) is 0 Å². The Bertz CT molecular complexity index is 640. The van der Waals surface area contributed by atoms with Crippen LogP contribution in [0.2, 0.25) is 0 Å². The molecular formula is C11H9BrFNO3S. The summed E-state index contributed by atoms with van der Waals surface area (Å²) in [6, 6.07) is 7.03. The second kappa shape index (κ2) is 5.21. The number of hydrogen-bond acceptors (Lipinski definition) is 3. The van der Waals surface area contributed by atoms with E-state index in [9.17, 15) is 12.8 Å². The van der Waals surface area contributed by atoms with Gasteiger partial charge in [-0.15, -0.1) is 0 Å². The van der Waals surface area contributed by atoms with Gasteiger partial charge < -0.3 is 4.42 Å². The monoisotopic (exact) mass is 333 g/mol. The van der Waals surface area contributed by atoms with Crippen molar-refractivity contribution < 1.29 is 17.2 Å². The smallest absolute Gasteiger partial charge is 0.243 e. The number of benzene rings is 1. The van der Waals surface area contributed by atoms with Crippen LogP contribution in [0.3, 0.4) is 0 Å². The van der Waals surface area contributed by atoms with Crippen molar-refractivity contribution in [3.8, 4) is 0 Å². The zero-order valence-corrected chi connectivity index (χ0v) is 11.5. The zero-order valence-electron chi connectivity index (χ0n) is 9.06. The summed E-state index contributed by atoms with van der Waals surface area (Å²) in [5.74, 6) is -0.354. The van der Waals surface area contributed by atoms with E-state index in [1.54, 1.807) is 12.1 Å². The maximum Gasteiger partial charge on any atom is 0.243 e. The van der Waals surface area contributed by atoms with Gasteiger partial charge in [0.2, 0.25) is 10.0 Å². The molecular weight excluding hydrogens is 325 g/mol. The minimum atomic E-state index is -3.89. The topological polar surface area (TPSA) is 59.3 Å². The van der Waals surface area contributed by atoms with Crippen molar-refractivity contribution >= 4 is 26.0 Å². The first-order valence-electron chi connectivity index (χ1n) is 4.96. The summed E-state index contributed by atoms with van der Waals surface area (Å²) in [4.78, 5) is -0.391. The molecule has 0 spiro atoms. The van der Waals surface area contributed by atoms with Gasteiger partial charge in [0.1, 0.15) is 16.5 Å². The number of hydrogen-bond donors (Lipinski definition) is 1. The normalized spacial score (nSPS) is 11.7. The highest BCUT2D eigenvalue weighted by Crippen LogP contribution is 2.19. The molecule has 0 saturated carbocycles. The molecule has 0 saturated heterocycles. The molecule has 0 aliphatic rings.